The van der Waals surface area contributed by atoms with E-state index in [0.29, 0.717) is 6.61 Å². The van der Waals surface area contributed by atoms with Gasteiger partial charge in [0.2, 0.25) is 0 Å². The molecule has 3 heteroatoms. The van der Waals surface area contributed by atoms with Crippen molar-refractivity contribution < 1.29 is 13.9 Å². The van der Waals surface area contributed by atoms with Crippen LogP contribution in [-0.2, 0) is 22.4 Å². The van der Waals surface area contributed by atoms with Crippen LogP contribution in [-0.4, -0.2) is 12.6 Å². The van der Waals surface area contributed by atoms with Gasteiger partial charge in [-0.1, -0.05) is 26.7 Å². The predicted molar refractivity (Wildman–Crippen MR) is 89.3 cm³/mol. The molecule has 0 aliphatic heterocycles. The minimum absolute atomic E-state index is 0.189. The topological polar surface area (TPSA) is 26.3 Å². The summed E-state index contributed by atoms with van der Waals surface area (Å²) < 4.78 is 18.8. The van der Waals surface area contributed by atoms with Gasteiger partial charge in [-0.3, -0.25) is 0 Å². The molecule has 0 atom stereocenters. The molecule has 1 aromatic carbocycles. The number of carbonyl (C=O) groups excluding carboxylic acids is 1. The normalized spacial score (nSPS) is 11.1. The zero-order valence-electron chi connectivity index (χ0n) is 14.0. The predicted octanol–water partition coefficient (Wildman–Crippen LogP) is 5.09. The van der Waals surface area contributed by atoms with Gasteiger partial charge in [-0.05, 0) is 67.5 Å². The standard InChI is InChI=1S/C19H27FO2/c1-4-7-9-15-13-17(20)14-16(10-8-5-2)18(15)11-12-19(21)22-6-3/h11-14H,4-10H2,1-3H3/b12-11+. The van der Waals surface area contributed by atoms with Crippen LogP contribution in [0.5, 0.6) is 0 Å². The number of benzene rings is 1. The Balaban J connectivity index is 3.12. The SMILES string of the molecule is CCCCc1cc(F)cc(CCCC)c1/C=C/C(=O)OCC. The van der Waals surface area contributed by atoms with Crippen molar-refractivity contribution in [1.82, 2.24) is 0 Å². The molecule has 0 fully saturated rings. The van der Waals surface area contributed by atoms with E-state index in [0.717, 1.165) is 55.2 Å². The number of rotatable bonds is 9. The van der Waals surface area contributed by atoms with Gasteiger partial charge in [-0.25, -0.2) is 9.18 Å². The van der Waals surface area contributed by atoms with Gasteiger partial charge in [-0.15, -0.1) is 0 Å². The fourth-order valence-corrected chi connectivity index (χ4v) is 2.44. The van der Waals surface area contributed by atoms with Crippen LogP contribution >= 0.6 is 0 Å². The molecule has 1 aromatic rings. The first-order valence-electron chi connectivity index (χ1n) is 8.28. The number of aryl methyl sites for hydroxylation is 2. The molecule has 0 bridgehead atoms. The summed E-state index contributed by atoms with van der Waals surface area (Å²) in [5, 5.41) is 0. The molecule has 0 amide bonds. The Hall–Kier alpha value is -1.64. The van der Waals surface area contributed by atoms with Gasteiger partial charge in [0.05, 0.1) is 6.61 Å². The number of carbonyl (C=O) groups is 1. The fourth-order valence-electron chi connectivity index (χ4n) is 2.44. The number of unbranched alkanes of at least 4 members (excludes halogenated alkanes) is 2. The first-order valence-corrected chi connectivity index (χ1v) is 8.28. The zero-order valence-corrected chi connectivity index (χ0v) is 14.0. The molecule has 0 heterocycles. The van der Waals surface area contributed by atoms with E-state index < -0.39 is 0 Å². The number of ether oxygens (including phenoxy) is 1. The van der Waals surface area contributed by atoms with Gasteiger partial charge in [-0.2, -0.15) is 0 Å². The molecule has 22 heavy (non-hydrogen) atoms. The summed E-state index contributed by atoms with van der Waals surface area (Å²) in [6.45, 7) is 6.37. The van der Waals surface area contributed by atoms with Crippen LogP contribution in [0.2, 0.25) is 0 Å². The van der Waals surface area contributed by atoms with Crippen LogP contribution in [0.25, 0.3) is 6.08 Å². The van der Waals surface area contributed by atoms with Crippen LogP contribution in [0, 0.1) is 5.82 Å². The molecule has 0 unspecified atom stereocenters. The van der Waals surface area contributed by atoms with Gasteiger partial charge >= 0.3 is 5.97 Å². The molecule has 0 saturated heterocycles. The average Bonchev–Trinajstić information content (AvgIpc) is 2.49. The highest BCUT2D eigenvalue weighted by atomic mass is 19.1. The Morgan fingerprint density at radius 3 is 2.09 bits per heavy atom. The molecule has 0 aliphatic rings. The van der Waals surface area contributed by atoms with E-state index in [1.165, 1.54) is 6.08 Å². The quantitative estimate of drug-likeness (QED) is 0.469. The van der Waals surface area contributed by atoms with Crippen molar-refractivity contribution >= 4 is 12.0 Å². The van der Waals surface area contributed by atoms with Crippen LogP contribution in [0.4, 0.5) is 4.39 Å². The van der Waals surface area contributed by atoms with Crippen LogP contribution in [0.1, 0.15) is 63.1 Å². The third-order valence-corrected chi connectivity index (χ3v) is 3.59. The first-order chi connectivity index (χ1) is 10.6. The molecule has 0 radical (unpaired) electrons. The molecule has 0 saturated carbocycles. The summed E-state index contributed by atoms with van der Waals surface area (Å²) in [6, 6.07) is 3.19. The van der Waals surface area contributed by atoms with Gasteiger partial charge in [0, 0.05) is 6.08 Å². The second-order valence-corrected chi connectivity index (χ2v) is 5.43. The highest BCUT2D eigenvalue weighted by Crippen LogP contribution is 2.23. The third-order valence-electron chi connectivity index (χ3n) is 3.59. The Labute approximate surface area is 133 Å². The molecule has 122 valence electrons. The summed E-state index contributed by atoms with van der Waals surface area (Å²) in [5.74, 6) is -0.541. The van der Waals surface area contributed by atoms with Crippen LogP contribution in [0.3, 0.4) is 0 Å². The smallest absolute Gasteiger partial charge is 0.330 e. The molecule has 0 N–H and O–H groups in total. The maximum Gasteiger partial charge on any atom is 0.330 e. The van der Waals surface area contributed by atoms with E-state index in [9.17, 15) is 9.18 Å². The average molecular weight is 306 g/mol. The Kier molecular flexibility index (Phi) is 8.49. The van der Waals surface area contributed by atoms with Crippen LogP contribution in [0.15, 0.2) is 18.2 Å². The summed E-state index contributed by atoms with van der Waals surface area (Å²) in [7, 11) is 0. The minimum Gasteiger partial charge on any atom is -0.463 e. The molecule has 2 nitrogen and oxygen atoms in total. The summed E-state index contributed by atoms with van der Waals surface area (Å²) in [5.41, 5.74) is 2.94. The Morgan fingerprint density at radius 1 is 1.09 bits per heavy atom. The molecule has 0 spiro atoms. The highest BCUT2D eigenvalue weighted by Gasteiger charge is 2.09. The third kappa shape index (κ3) is 6.00. The van der Waals surface area contributed by atoms with E-state index in [1.54, 1.807) is 25.1 Å². The number of hydrogen-bond donors (Lipinski definition) is 0. The second-order valence-electron chi connectivity index (χ2n) is 5.43. The lowest BCUT2D eigenvalue weighted by atomic mass is 9.93. The maximum atomic E-state index is 13.9. The molecular formula is C19H27FO2. The van der Waals surface area contributed by atoms with Gasteiger partial charge in [0.25, 0.3) is 0 Å². The summed E-state index contributed by atoms with van der Waals surface area (Å²) >= 11 is 0. The van der Waals surface area contributed by atoms with E-state index in [1.807, 2.05) is 0 Å². The number of hydrogen-bond acceptors (Lipinski definition) is 2. The van der Waals surface area contributed by atoms with E-state index in [2.05, 4.69) is 13.8 Å². The summed E-state index contributed by atoms with van der Waals surface area (Å²) in [6.07, 6.45) is 9.03. The van der Waals surface area contributed by atoms with E-state index >= 15 is 0 Å². The van der Waals surface area contributed by atoms with Crippen molar-refractivity contribution in [3.63, 3.8) is 0 Å². The highest BCUT2D eigenvalue weighted by molar-refractivity contribution is 5.87. The largest absolute Gasteiger partial charge is 0.463 e. The minimum atomic E-state index is -0.352. The maximum absolute atomic E-state index is 13.9. The molecular weight excluding hydrogens is 279 g/mol. The van der Waals surface area contributed by atoms with Gasteiger partial charge < -0.3 is 4.74 Å². The summed E-state index contributed by atoms with van der Waals surface area (Å²) in [4.78, 5) is 11.6. The van der Waals surface area contributed by atoms with Crippen molar-refractivity contribution in [2.75, 3.05) is 6.61 Å². The Bertz CT molecular complexity index is 477. The number of esters is 1. The van der Waals surface area contributed by atoms with Crippen LogP contribution < -0.4 is 0 Å². The lowest BCUT2D eigenvalue weighted by Gasteiger charge is -2.12. The Morgan fingerprint density at radius 2 is 1.64 bits per heavy atom. The zero-order chi connectivity index (χ0) is 16.4. The lowest BCUT2D eigenvalue weighted by molar-refractivity contribution is -0.137. The van der Waals surface area contributed by atoms with Gasteiger partial charge in [0.1, 0.15) is 5.82 Å². The monoisotopic (exact) mass is 306 g/mol. The van der Waals surface area contributed by atoms with Crippen molar-refractivity contribution in [3.8, 4) is 0 Å². The molecule has 0 aliphatic carbocycles. The van der Waals surface area contributed by atoms with E-state index in [-0.39, 0.29) is 11.8 Å². The van der Waals surface area contributed by atoms with Crippen molar-refractivity contribution in [2.45, 2.75) is 59.3 Å². The molecule has 0 aromatic heterocycles. The van der Waals surface area contributed by atoms with Crippen molar-refractivity contribution in [3.05, 3.63) is 40.7 Å². The van der Waals surface area contributed by atoms with Crippen molar-refractivity contribution in [1.29, 1.82) is 0 Å². The van der Waals surface area contributed by atoms with Crippen molar-refractivity contribution in [2.24, 2.45) is 0 Å². The van der Waals surface area contributed by atoms with Gasteiger partial charge in [0.15, 0.2) is 0 Å². The van der Waals surface area contributed by atoms with E-state index in [4.69, 9.17) is 4.74 Å². The first kappa shape index (κ1) is 18.4. The number of halogens is 1. The molecule has 1 rings (SSSR count). The fraction of sp³-hybridized carbons (Fsp3) is 0.526. The lowest BCUT2D eigenvalue weighted by Crippen LogP contribution is -2.02. The second kappa shape index (κ2) is 10.1.